The van der Waals surface area contributed by atoms with Crippen LogP contribution >= 0.6 is 0 Å². The molecule has 21 heavy (non-hydrogen) atoms. The van der Waals surface area contributed by atoms with Crippen LogP contribution in [0.2, 0.25) is 0 Å². The molecule has 2 heterocycles. The van der Waals surface area contributed by atoms with Gasteiger partial charge in [0.2, 0.25) is 0 Å². The lowest BCUT2D eigenvalue weighted by molar-refractivity contribution is -0.137. The molecule has 2 rings (SSSR count). The van der Waals surface area contributed by atoms with E-state index < -0.39 is 11.7 Å². The zero-order chi connectivity index (χ0) is 15.1. The predicted octanol–water partition coefficient (Wildman–Crippen LogP) is 3.07. The molecule has 0 aliphatic carbocycles. The van der Waals surface area contributed by atoms with Gasteiger partial charge in [0.15, 0.2) is 0 Å². The van der Waals surface area contributed by atoms with E-state index in [0.29, 0.717) is 12.2 Å². The molecule has 1 aromatic rings. The van der Waals surface area contributed by atoms with Crippen molar-refractivity contribution in [2.24, 2.45) is 0 Å². The van der Waals surface area contributed by atoms with Gasteiger partial charge in [-0.15, -0.1) is 0 Å². The van der Waals surface area contributed by atoms with Gasteiger partial charge in [-0.25, -0.2) is 0 Å². The van der Waals surface area contributed by atoms with Crippen LogP contribution in [0, 0.1) is 0 Å². The molecule has 118 valence electrons. The summed E-state index contributed by atoms with van der Waals surface area (Å²) in [4.78, 5) is 6.31. The van der Waals surface area contributed by atoms with Crippen LogP contribution < -0.4 is 5.32 Å². The Labute approximate surface area is 123 Å². The van der Waals surface area contributed by atoms with E-state index in [4.69, 9.17) is 0 Å². The summed E-state index contributed by atoms with van der Waals surface area (Å²) < 4.78 is 37.2. The molecule has 1 aliphatic rings. The number of alkyl halides is 3. The summed E-state index contributed by atoms with van der Waals surface area (Å²) in [6.07, 6.45) is 1.57. The van der Waals surface area contributed by atoms with Crippen molar-refractivity contribution >= 4 is 0 Å². The summed E-state index contributed by atoms with van der Waals surface area (Å²) in [6.45, 7) is 4.85. The number of aromatic nitrogens is 1. The third-order valence-corrected chi connectivity index (χ3v) is 3.73. The Kier molecular flexibility index (Phi) is 5.99. The van der Waals surface area contributed by atoms with E-state index in [0.717, 1.165) is 31.8 Å². The van der Waals surface area contributed by atoms with Crippen molar-refractivity contribution in [1.82, 2.24) is 15.2 Å². The highest BCUT2D eigenvalue weighted by molar-refractivity contribution is 5.16. The van der Waals surface area contributed by atoms with Gasteiger partial charge in [0.05, 0.1) is 11.3 Å². The lowest BCUT2D eigenvalue weighted by Crippen LogP contribution is -2.32. The minimum atomic E-state index is -4.31. The number of pyridine rings is 1. The standard InChI is InChI=1S/C15H22F3N3/c16-15(17,18)13-5-6-14(20-11-13)12-19-7-4-10-21-8-2-1-3-9-21/h5-6,11,19H,1-4,7-10,12H2. The van der Waals surface area contributed by atoms with Crippen LogP contribution in [-0.4, -0.2) is 36.1 Å². The van der Waals surface area contributed by atoms with E-state index in [2.05, 4.69) is 15.2 Å². The van der Waals surface area contributed by atoms with Gasteiger partial charge in [0.25, 0.3) is 0 Å². The predicted molar refractivity (Wildman–Crippen MR) is 75.9 cm³/mol. The number of piperidine rings is 1. The number of halogens is 3. The average Bonchev–Trinajstić information content (AvgIpc) is 2.47. The minimum absolute atomic E-state index is 0.512. The fourth-order valence-electron chi connectivity index (χ4n) is 2.52. The highest BCUT2D eigenvalue weighted by Crippen LogP contribution is 2.28. The van der Waals surface area contributed by atoms with Gasteiger partial charge in [-0.1, -0.05) is 6.42 Å². The van der Waals surface area contributed by atoms with Crippen LogP contribution in [0.4, 0.5) is 13.2 Å². The second kappa shape index (κ2) is 7.75. The van der Waals surface area contributed by atoms with Crippen LogP contribution in [0.25, 0.3) is 0 Å². The van der Waals surface area contributed by atoms with Crippen molar-refractivity contribution in [3.8, 4) is 0 Å². The van der Waals surface area contributed by atoms with E-state index in [1.807, 2.05) is 0 Å². The first-order chi connectivity index (χ1) is 10.1. The van der Waals surface area contributed by atoms with Gasteiger partial charge in [-0.3, -0.25) is 4.98 Å². The Morgan fingerprint density at radius 2 is 1.90 bits per heavy atom. The van der Waals surface area contributed by atoms with Gasteiger partial charge < -0.3 is 10.2 Å². The summed E-state index contributed by atoms with van der Waals surface area (Å²) in [5, 5.41) is 3.23. The lowest BCUT2D eigenvalue weighted by Gasteiger charge is -2.26. The summed E-state index contributed by atoms with van der Waals surface area (Å²) in [5.74, 6) is 0. The van der Waals surface area contributed by atoms with Crippen LogP contribution in [0.3, 0.4) is 0 Å². The monoisotopic (exact) mass is 301 g/mol. The molecule has 0 saturated carbocycles. The first-order valence-electron chi connectivity index (χ1n) is 7.51. The first-order valence-corrected chi connectivity index (χ1v) is 7.51. The Morgan fingerprint density at radius 3 is 2.52 bits per heavy atom. The quantitative estimate of drug-likeness (QED) is 0.819. The fourth-order valence-corrected chi connectivity index (χ4v) is 2.52. The van der Waals surface area contributed by atoms with Gasteiger partial charge in [0, 0.05) is 12.7 Å². The summed E-state index contributed by atoms with van der Waals surface area (Å²) in [7, 11) is 0. The Morgan fingerprint density at radius 1 is 1.14 bits per heavy atom. The van der Waals surface area contributed by atoms with Gasteiger partial charge in [-0.2, -0.15) is 13.2 Å². The largest absolute Gasteiger partial charge is 0.417 e. The smallest absolute Gasteiger partial charge is 0.311 e. The van der Waals surface area contributed by atoms with Crippen molar-refractivity contribution in [3.05, 3.63) is 29.6 Å². The van der Waals surface area contributed by atoms with E-state index in [9.17, 15) is 13.2 Å². The summed E-state index contributed by atoms with van der Waals surface area (Å²) in [5.41, 5.74) is -0.0580. The minimum Gasteiger partial charge on any atom is -0.311 e. The fraction of sp³-hybridized carbons (Fsp3) is 0.667. The van der Waals surface area contributed by atoms with Crippen molar-refractivity contribution in [3.63, 3.8) is 0 Å². The van der Waals surface area contributed by atoms with E-state index in [-0.39, 0.29) is 0 Å². The maximum Gasteiger partial charge on any atom is 0.417 e. The number of hydrogen-bond donors (Lipinski definition) is 1. The second-order valence-corrected chi connectivity index (χ2v) is 5.47. The molecule has 1 saturated heterocycles. The average molecular weight is 301 g/mol. The Bertz CT molecular complexity index is 411. The van der Waals surface area contributed by atoms with Gasteiger partial charge >= 0.3 is 6.18 Å². The molecule has 3 nitrogen and oxygen atoms in total. The second-order valence-electron chi connectivity index (χ2n) is 5.47. The SMILES string of the molecule is FC(F)(F)c1ccc(CNCCCN2CCCCC2)nc1. The molecule has 0 bridgehead atoms. The summed E-state index contributed by atoms with van der Waals surface area (Å²) in [6, 6.07) is 2.51. The molecule has 1 aromatic heterocycles. The molecule has 0 aromatic carbocycles. The molecule has 6 heteroatoms. The number of nitrogens with zero attached hydrogens (tertiary/aromatic N) is 2. The zero-order valence-corrected chi connectivity index (χ0v) is 12.1. The van der Waals surface area contributed by atoms with Crippen LogP contribution in [0.15, 0.2) is 18.3 Å². The number of rotatable bonds is 6. The third kappa shape index (κ3) is 5.63. The maximum atomic E-state index is 12.4. The van der Waals surface area contributed by atoms with E-state index in [1.165, 1.54) is 38.4 Å². The maximum absolute atomic E-state index is 12.4. The molecular formula is C15H22F3N3. The van der Waals surface area contributed by atoms with Crippen molar-refractivity contribution < 1.29 is 13.2 Å². The number of likely N-dealkylation sites (tertiary alicyclic amines) is 1. The molecule has 0 atom stereocenters. The Balaban J connectivity index is 1.62. The Hall–Kier alpha value is -1.14. The molecule has 1 N–H and O–H groups in total. The zero-order valence-electron chi connectivity index (χ0n) is 12.1. The van der Waals surface area contributed by atoms with Crippen molar-refractivity contribution in [2.75, 3.05) is 26.2 Å². The molecular weight excluding hydrogens is 279 g/mol. The number of nitrogens with one attached hydrogen (secondary N) is 1. The normalized spacial score (nSPS) is 17.1. The molecule has 0 unspecified atom stereocenters. The molecule has 0 radical (unpaired) electrons. The van der Waals surface area contributed by atoms with E-state index >= 15 is 0 Å². The molecule has 0 amide bonds. The van der Waals surface area contributed by atoms with Gasteiger partial charge in [-0.05, 0) is 57.6 Å². The van der Waals surface area contributed by atoms with E-state index in [1.54, 1.807) is 0 Å². The molecule has 1 fully saturated rings. The lowest BCUT2D eigenvalue weighted by atomic mass is 10.1. The first kappa shape index (κ1) is 16.2. The van der Waals surface area contributed by atoms with Crippen LogP contribution in [0.1, 0.15) is 36.9 Å². The topological polar surface area (TPSA) is 28.2 Å². The third-order valence-electron chi connectivity index (χ3n) is 3.73. The van der Waals surface area contributed by atoms with Crippen molar-refractivity contribution in [2.45, 2.75) is 38.4 Å². The van der Waals surface area contributed by atoms with Crippen LogP contribution in [0.5, 0.6) is 0 Å². The van der Waals surface area contributed by atoms with Crippen LogP contribution in [-0.2, 0) is 12.7 Å². The van der Waals surface area contributed by atoms with Crippen molar-refractivity contribution in [1.29, 1.82) is 0 Å². The molecule has 1 aliphatic heterocycles. The summed E-state index contributed by atoms with van der Waals surface area (Å²) >= 11 is 0. The highest BCUT2D eigenvalue weighted by atomic mass is 19.4. The highest BCUT2D eigenvalue weighted by Gasteiger charge is 2.30. The number of hydrogen-bond acceptors (Lipinski definition) is 3. The van der Waals surface area contributed by atoms with Gasteiger partial charge in [0.1, 0.15) is 0 Å². The molecule has 0 spiro atoms.